The lowest BCUT2D eigenvalue weighted by molar-refractivity contribution is -0.122. The number of nitrogens with zero attached hydrogens (tertiary/aromatic N) is 4. The fourth-order valence-corrected chi connectivity index (χ4v) is 3.83. The molecule has 0 saturated heterocycles. The van der Waals surface area contributed by atoms with Crippen LogP contribution in [0, 0.1) is 0 Å². The molecule has 1 amide bonds. The Kier molecular flexibility index (Phi) is 4.26. The molecule has 0 saturated carbocycles. The number of nitrogens with one attached hydrogen (secondary N) is 1. The molecule has 0 aliphatic carbocycles. The lowest BCUT2D eigenvalue weighted by Crippen LogP contribution is -2.35. The summed E-state index contributed by atoms with van der Waals surface area (Å²) in [5, 5.41) is 10.2. The minimum Gasteiger partial charge on any atom is -0.349 e. The molecule has 7 nitrogen and oxygen atoms in total. The fraction of sp³-hybridized carbons (Fsp3) is 0.222. The number of aryl methyl sites for hydroxylation is 1. The smallest absolute Gasteiger partial charge is 0.291 e. The summed E-state index contributed by atoms with van der Waals surface area (Å²) in [7, 11) is 0. The Morgan fingerprint density at radius 3 is 2.96 bits per heavy atom. The second-order valence-electron chi connectivity index (χ2n) is 5.88. The number of hydrogen-bond donors (Lipinski definition) is 1. The molecule has 0 spiro atoms. The molecule has 1 N–H and O–H groups in total. The third kappa shape index (κ3) is 2.88. The van der Waals surface area contributed by atoms with Crippen molar-refractivity contribution in [2.24, 2.45) is 0 Å². The predicted molar refractivity (Wildman–Crippen MR) is 100 cm³/mol. The largest absolute Gasteiger partial charge is 0.349 e. The summed E-state index contributed by atoms with van der Waals surface area (Å²) in [4.78, 5) is 30.2. The Morgan fingerprint density at radius 2 is 2.19 bits per heavy atom. The highest BCUT2D eigenvalue weighted by molar-refractivity contribution is 7.16. The van der Waals surface area contributed by atoms with E-state index in [2.05, 4.69) is 15.4 Å². The van der Waals surface area contributed by atoms with Crippen molar-refractivity contribution in [1.29, 1.82) is 0 Å². The molecule has 0 aliphatic heterocycles. The number of amides is 1. The van der Waals surface area contributed by atoms with Crippen molar-refractivity contribution in [3.05, 3.63) is 63.8 Å². The molecule has 26 heavy (non-hydrogen) atoms. The minimum absolute atomic E-state index is 0.117. The third-order valence-corrected chi connectivity index (χ3v) is 5.07. The van der Waals surface area contributed by atoms with Gasteiger partial charge in [-0.2, -0.15) is 5.10 Å². The molecule has 0 unspecified atom stereocenters. The standard InChI is InChI=1S/C18H17N5O2S/c1-2-15-21-22(11-16(24)20-10-13-5-3-4-7-19-13)17(25)14-9-12-6-8-26-18(12)23(14)15/h3-9H,2,10-11H2,1H3,(H,20,24). The zero-order valence-electron chi connectivity index (χ0n) is 14.2. The van der Waals surface area contributed by atoms with Gasteiger partial charge in [0, 0.05) is 18.0 Å². The molecule has 0 fully saturated rings. The molecule has 4 aromatic heterocycles. The first kappa shape index (κ1) is 16.5. The average molecular weight is 367 g/mol. The molecular weight excluding hydrogens is 350 g/mol. The van der Waals surface area contributed by atoms with E-state index >= 15 is 0 Å². The molecular formula is C18H17N5O2S. The van der Waals surface area contributed by atoms with E-state index < -0.39 is 0 Å². The van der Waals surface area contributed by atoms with Crippen LogP contribution in [0.1, 0.15) is 18.4 Å². The van der Waals surface area contributed by atoms with Crippen LogP contribution in [-0.4, -0.2) is 25.1 Å². The van der Waals surface area contributed by atoms with E-state index in [0.29, 0.717) is 18.5 Å². The highest BCUT2D eigenvalue weighted by atomic mass is 32.1. The topological polar surface area (TPSA) is 81.3 Å². The monoisotopic (exact) mass is 367 g/mol. The second kappa shape index (κ2) is 6.72. The van der Waals surface area contributed by atoms with Crippen LogP contribution in [0.2, 0.25) is 0 Å². The maximum atomic E-state index is 12.8. The van der Waals surface area contributed by atoms with Crippen LogP contribution in [-0.2, 0) is 24.3 Å². The summed E-state index contributed by atoms with van der Waals surface area (Å²) >= 11 is 1.58. The van der Waals surface area contributed by atoms with Crippen LogP contribution in [0.15, 0.2) is 46.7 Å². The summed E-state index contributed by atoms with van der Waals surface area (Å²) in [5.41, 5.74) is 1.05. The second-order valence-corrected chi connectivity index (χ2v) is 6.77. The van der Waals surface area contributed by atoms with Crippen LogP contribution in [0.4, 0.5) is 0 Å². The zero-order chi connectivity index (χ0) is 18.1. The third-order valence-electron chi connectivity index (χ3n) is 4.16. The van der Waals surface area contributed by atoms with E-state index in [1.807, 2.05) is 47.0 Å². The molecule has 0 aromatic carbocycles. The van der Waals surface area contributed by atoms with Crippen LogP contribution < -0.4 is 10.9 Å². The molecule has 4 rings (SSSR count). The van der Waals surface area contributed by atoms with Crippen molar-refractivity contribution in [2.45, 2.75) is 26.4 Å². The Bertz CT molecular complexity index is 1140. The molecule has 8 heteroatoms. The van der Waals surface area contributed by atoms with Crippen molar-refractivity contribution in [2.75, 3.05) is 0 Å². The van der Waals surface area contributed by atoms with Gasteiger partial charge in [0.25, 0.3) is 5.56 Å². The summed E-state index contributed by atoms with van der Waals surface area (Å²) in [6.45, 7) is 2.18. The first-order chi connectivity index (χ1) is 12.7. The quantitative estimate of drug-likeness (QED) is 0.585. The molecule has 0 radical (unpaired) electrons. The Balaban J connectivity index is 1.63. The van der Waals surface area contributed by atoms with Gasteiger partial charge in [-0.15, -0.1) is 11.3 Å². The Labute approximate surface area is 152 Å². The highest BCUT2D eigenvalue weighted by Gasteiger charge is 2.15. The van der Waals surface area contributed by atoms with Crippen LogP contribution in [0.25, 0.3) is 15.7 Å². The summed E-state index contributed by atoms with van der Waals surface area (Å²) in [5.74, 6) is 0.486. The zero-order valence-corrected chi connectivity index (χ0v) is 15.0. The number of thiophene rings is 1. The molecule has 4 heterocycles. The van der Waals surface area contributed by atoms with Crippen molar-refractivity contribution in [3.8, 4) is 0 Å². The maximum Gasteiger partial charge on any atom is 0.291 e. The molecule has 0 bridgehead atoms. The van der Waals surface area contributed by atoms with Crippen LogP contribution in [0.5, 0.6) is 0 Å². The molecule has 0 atom stereocenters. The van der Waals surface area contributed by atoms with Gasteiger partial charge in [-0.1, -0.05) is 13.0 Å². The highest BCUT2D eigenvalue weighted by Crippen LogP contribution is 2.24. The number of aromatic nitrogens is 4. The number of carbonyl (C=O) groups excluding carboxylic acids is 1. The Morgan fingerprint density at radius 1 is 1.31 bits per heavy atom. The van der Waals surface area contributed by atoms with Crippen molar-refractivity contribution in [1.82, 2.24) is 24.5 Å². The fourth-order valence-electron chi connectivity index (χ4n) is 2.92. The number of fused-ring (bicyclic) bond motifs is 3. The van der Waals surface area contributed by atoms with Crippen molar-refractivity contribution >= 4 is 33.0 Å². The van der Waals surface area contributed by atoms with E-state index in [1.54, 1.807) is 17.5 Å². The van der Waals surface area contributed by atoms with Gasteiger partial charge >= 0.3 is 0 Å². The van der Waals surface area contributed by atoms with Gasteiger partial charge in [-0.05, 0) is 29.6 Å². The van der Waals surface area contributed by atoms with Crippen molar-refractivity contribution < 1.29 is 4.79 Å². The van der Waals surface area contributed by atoms with Crippen LogP contribution in [0.3, 0.4) is 0 Å². The average Bonchev–Trinajstić information content (AvgIpc) is 3.25. The van der Waals surface area contributed by atoms with Crippen LogP contribution >= 0.6 is 11.3 Å². The first-order valence-electron chi connectivity index (χ1n) is 8.32. The van der Waals surface area contributed by atoms with Gasteiger partial charge in [0.15, 0.2) is 0 Å². The van der Waals surface area contributed by atoms with E-state index in [9.17, 15) is 9.59 Å². The number of carbonyl (C=O) groups is 1. The van der Waals surface area contributed by atoms with Gasteiger partial charge in [-0.25, -0.2) is 4.68 Å². The van der Waals surface area contributed by atoms with Gasteiger partial charge in [0.1, 0.15) is 22.7 Å². The van der Waals surface area contributed by atoms with E-state index in [4.69, 9.17) is 0 Å². The normalized spacial score (nSPS) is 11.3. The van der Waals surface area contributed by atoms with Gasteiger partial charge in [0.2, 0.25) is 5.91 Å². The molecule has 132 valence electrons. The first-order valence-corrected chi connectivity index (χ1v) is 9.20. The van der Waals surface area contributed by atoms with E-state index in [1.165, 1.54) is 4.68 Å². The lowest BCUT2D eigenvalue weighted by Gasteiger charge is -2.10. The molecule has 4 aromatic rings. The maximum absolute atomic E-state index is 12.8. The van der Waals surface area contributed by atoms with Gasteiger partial charge in [0.05, 0.1) is 12.2 Å². The summed E-state index contributed by atoms with van der Waals surface area (Å²) in [6, 6.07) is 9.35. The van der Waals surface area contributed by atoms with E-state index in [0.717, 1.165) is 21.7 Å². The Hall–Kier alpha value is -3.00. The lowest BCUT2D eigenvalue weighted by atomic mass is 10.3. The van der Waals surface area contributed by atoms with Gasteiger partial charge < -0.3 is 5.32 Å². The number of pyridine rings is 1. The predicted octanol–water partition coefficient (Wildman–Crippen LogP) is 1.98. The SMILES string of the molecule is CCc1nn(CC(=O)NCc2ccccn2)c(=O)c2cc3ccsc3n12. The van der Waals surface area contributed by atoms with E-state index in [-0.39, 0.29) is 18.0 Å². The summed E-state index contributed by atoms with van der Waals surface area (Å²) in [6.07, 6.45) is 2.33. The van der Waals surface area contributed by atoms with Crippen molar-refractivity contribution in [3.63, 3.8) is 0 Å². The number of hydrogen-bond acceptors (Lipinski definition) is 5. The number of rotatable bonds is 5. The van der Waals surface area contributed by atoms with Gasteiger partial charge in [-0.3, -0.25) is 19.0 Å². The molecule has 0 aliphatic rings. The summed E-state index contributed by atoms with van der Waals surface area (Å²) < 4.78 is 3.14. The minimum atomic E-state index is -0.273.